The molecule has 40 heavy (non-hydrogen) atoms. The van der Waals surface area contributed by atoms with Crippen molar-refractivity contribution in [2.75, 3.05) is 26.6 Å². The highest BCUT2D eigenvalue weighted by Crippen LogP contribution is 2.46. The monoisotopic (exact) mass is 542 g/mol. The number of nitrogens with one attached hydrogen (secondary N) is 2. The zero-order chi connectivity index (χ0) is 28.4. The minimum absolute atomic E-state index is 0.0992. The number of methoxy groups -OCH3 is 3. The first-order valence-corrected chi connectivity index (χ1v) is 13.0. The highest BCUT2D eigenvalue weighted by molar-refractivity contribution is 6.10. The summed E-state index contributed by atoms with van der Waals surface area (Å²) in [6.07, 6.45) is 0.781. The Morgan fingerprint density at radius 2 is 1.62 bits per heavy atom. The number of anilines is 1. The minimum Gasteiger partial charge on any atom is -0.495 e. The van der Waals surface area contributed by atoms with Gasteiger partial charge < -0.3 is 24.8 Å². The number of dihydropyridines is 1. The largest absolute Gasteiger partial charge is 0.495 e. The molecule has 0 saturated carbocycles. The second kappa shape index (κ2) is 11.3. The molecule has 2 N–H and O–H groups in total. The SMILES string of the molecule is COc1ccccc1NC(=O)C1=C(C)NC2=C(C(=O)C[C@@H](c3ccc(OC)c(OC)c3)C2)[C@H]1c1cccc(F)c1. The van der Waals surface area contributed by atoms with Crippen LogP contribution in [0.4, 0.5) is 10.1 Å². The van der Waals surface area contributed by atoms with Crippen molar-refractivity contribution >= 4 is 17.4 Å². The molecular formula is C32H31FN2O5. The molecule has 0 bridgehead atoms. The van der Waals surface area contributed by atoms with Gasteiger partial charge in [0.15, 0.2) is 17.3 Å². The van der Waals surface area contributed by atoms with Crippen molar-refractivity contribution in [1.82, 2.24) is 5.32 Å². The Balaban J connectivity index is 1.55. The number of ether oxygens (including phenoxy) is 3. The van der Waals surface area contributed by atoms with Crippen LogP contribution in [0.1, 0.15) is 42.7 Å². The summed E-state index contributed by atoms with van der Waals surface area (Å²) in [5.41, 5.74) is 4.15. The molecule has 1 aliphatic heterocycles. The highest BCUT2D eigenvalue weighted by atomic mass is 19.1. The number of amides is 1. The van der Waals surface area contributed by atoms with E-state index in [-0.39, 0.29) is 18.1 Å². The third-order valence-electron chi connectivity index (χ3n) is 7.49. The van der Waals surface area contributed by atoms with Gasteiger partial charge in [-0.1, -0.05) is 30.3 Å². The maximum Gasteiger partial charge on any atom is 0.254 e. The van der Waals surface area contributed by atoms with E-state index in [9.17, 15) is 14.0 Å². The van der Waals surface area contributed by atoms with Crippen LogP contribution in [0.2, 0.25) is 0 Å². The lowest BCUT2D eigenvalue weighted by atomic mass is 9.71. The number of carbonyl (C=O) groups excluding carboxylic acids is 2. The number of ketones is 1. The molecule has 0 radical (unpaired) electrons. The number of benzene rings is 3. The van der Waals surface area contributed by atoms with Crippen molar-refractivity contribution < 1.29 is 28.2 Å². The van der Waals surface area contributed by atoms with Crippen LogP contribution in [-0.2, 0) is 9.59 Å². The zero-order valence-electron chi connectivity index (χ0n) is 22.8. The number of allylic oxidation sites excluding steroid dienone is 3. The maximum absolute atomic E-state index is 14.5. The molecule has 3 aromatic carbocycles. The Morgan fingerprint density at radius 3 is 2.35 bits per heavy atom. The number of halogens is 1. The Labute approximate surface area is 232 Å². The number of Topliss-reactive ketones (excluding diaryl/α,β-unsaturated/α-hetero) is 1. The minimum atomic E-state index is -0.736. The Kier molecular flexibility index (Phi) is 7.60. The predicted octanol–water partition coefficient (Wildman–Crippen LogP) is 5.85. The van der Waals surface area contributed by atoms with Crippen molar-refractivity contribution in [3.8, 4) is 17.2 Å². The number of para-hydroxylation sites is 2. The van der Waals surface area contributed by atoms with Crippen molar-refractivity contribution in [2.45, 2.75) is 31.6 Å². The topological polar surface area (TPSA) is 85.9 Å². The second-order valence-corrected chi connectivity index (χ2v) is 9.84. The smallest absolute Gasteiger partial charge is 0.254 e. The van der Waals surface area contributed by atoms with Gasteiger partial charge in [0.25, 0.3) is 5.91 Å². The molecule has 0 aromatic heterocycles. The lowest BCUT2D eigenvalue weighted by molar-refractivity contribution is -0.116. The standard InChI is InChI=1S/C32H31FN2O5/c1-18-29(32(37)35-23-10-5-6-11-26(23)38-2)30(20-8-7-9-22(33)14-20)31-24(34-18)15-21(16-25(31)36)19-12-13-27(39-3)28(17-19)40-4/h5-14,17,21,30,34H,15-16H2,1-4H3,(H,35,37)/t21-,30-/m0/s1. The van der Waals surface area contributed by atoms with Crippen LogP contribution in [0.15, 0.2) is 89.3 Å². The van der Waals surface area contributed by atoms with Crippen LogP contribution in [0.25, 0.3) is 0 Å². The number of hydrogen-bond acceptors (Lipinski definition) is 6. The van der Waals surface area contributed by atoms with Gasteiger partial charge in [-0.25, -0.2) is 4.39 Å². The zero-order valence-corrected chi connectivity index (χ0v) is 22.8. The van der Waals surface area contributed by atoms with Crippen LogP contribution in [0.3, 0.4) is 0 Å². The normalized spacial score (nSPS) is 18.6. The third-order valence-corrected chi connectivity index (χ3v) is 7.49. The molecule has 0 fully saturated rings. The van der Waals surface area contributed by atoms with Crippen molar-refractivity contribution in [2.24, 2.45) is 0 Å². The van der Waals surface area contributed by atoms with Crippen molar-refractivity contribution in [1.29, 1.82) is 0 Å². The van der Waals surface area contributed by atoms with Gasteiger partial charge in [0.2, 0.25) is 0 Å². The Bertz CT molecular complexity index is 1540. The summed E-state index contributed by atoms with van der Waals surface area (Å²) in [5.74, 6) is -0.0714. The van der Waals surface area contributed by atoms with E-state index >= 15 is 0 Å². The molecule has 0 spiro atoms. The molecule has 8 heteroatoms. The van der Waals surface area contributed by atoms with Gasteiger partial charge in [0, 0.05) is 34.9 Å². The quantitative estimate of drug-likeness (QED) is 0.390. The average molecular weight is 543 g/mol. The first-order valence-electron chi connectivity index (χ1n) is 13.0. The Hall–Kier alpha value is -4.59. The van der Waals surface area contributed by atoms with Gasteiger partial charge in [-0.3, -0.25) is 9.59 Å². The van der Waals surface area contributed by atoms with Crippen LogP contribution in [-0.4, -0.2) is 33.0 Å². The summed E-state index contributed by atoms with van der Waals surface area (Å²) in [4.78, 5) is 27.7. The summed E-state index contributed by atoms with van der Waals surface area (Å²) >= 11 is 0. The highest BCUT2D eigenvalue weighted by Gasteiger charge is 2.41. The number of carbonyl (C=O) groups is 2. The summed E-state index contributed by atoms with van der Waals surface area (Å²) in [5, 5.41) is 6.29. The van der Waals surface area contributed by atoms with E-state index in [1.165, 1.54) is 19.2 Å². The van der Waals surface area contributed by atoms with Gasteiger partial charge in [-0.2, -0.15) is 0 Å². The molecule has 3 aromatic rings. The fourth-order valence-corrected chi connectivity index (χ4v) is 5.64. The summed E-state index contributed by atoms with van der Waals surface area (Å²) in [7, 11) is 4.68. The summed E-state index contributed by atoms with van der Waals surface area (Å²) in [6, 6.07) is 18.8. The molecule has 1 aliphatic carbocycles. The summed E-state index contributed by atoms with van der Waals surface area (Å²) in [6.45, 7) is 1.80. The second-order valence-electron chi connectivity index (χ2n) is 9.84. The van der Waals surface area contributed by atoms with E-state index in [1.54, 1.807) is 51.5 Å². The van der Waals surface area contributed by atoms with Gasteiger partial charge in [0.05, 0.1) is 27.0 Å². The molecule has 5 rings (SSSR count). The molecule has 2 atom stereocenters. The van der Waals surface area contributed by atoms with Gasteiger partial charge in [-0.15, -0.1) is 0 Å². The van der Waals surface area contributed by atoms with E-state index < -0.39 is 17.6 Å². The predicted molar refractivity (Wildman–Crippen MR) is 150 cm³/mol. The van der Waals surface area contributed by atoms with E-state index in [0.717, 1.165) is 11.3 Å². The lowest BCUT2D eigenvalue weighted by Crippen LogP contribution is -2.37. The van der Waals surface area contributed by atoms with E-state index in [1.807, 2.05) is 24.3 Å². The number of hydrogen-bond donors (Lipinski definition) is 2. The number of rotatable bonds is 7. The fraction of sp³-hybridized carbons (Fsp3) is 0.250. The molecule has 1 amide bonds. The molecule has 0 saturated heterocycles. The molecule has 1 heterocycles. The van der Waals surface area contributed by atoms with E-state index in [0.29, 0.717) is 51.8 Å². The molecule has 2 aliphatic rings. The van der Waals surface area contributed by atoms with Crippen LogP contribution in [0, 0.1) is 5.82 Å². The van der Waals surface area contributed by atoms with Crippen molar-refractivity contribution in [3.05, 3.63) is 106 Å². The lowest BCUT2D eigenvalue weighted by Gasteiger charge is -2.37. The molecule has 0 unspecified atom stereocenters. The molecular weight excluding hydrogens is 511 g/mol. The third kappa shape index (κ3) is 5.04. The van der Waals surface area contributed by atoms with Gasteiger partial charge in [-0.05, 0) is 66.8 Å². The van der Waals surface area contributed by atoms with Gasteiger partial charge >= 0.3 is 0 Å². The van der Waals surface area contributed by atoms with E-state index in [2.05, 4.69) is 10.6 Å². The van der Waals surface area contributed by atoms with Crippen molar-refractivity contribution in [3.63, 3.8) is 0 Å². The van der Waals surface area contributed by atoms with Gasteiger partial charge in [0.1, 0.15) is 11.6 Å². The average Bonchev–Trinajstić information content (AvgIpc) is 2.96. The molecule has 206 valence electrons. The fourth-order valence-electron chi connectivity index (χ4n) is 5.64. The van der Waals surface area contributed by atoms with Crippen LogP contribution in [0.5, 0.6) is 17.2 Å². The first-order chi connectivity index (χ1) is 19.3. The van der Waals surface area contributed by atoms with Crippen LogP contribution >= 0.6 is 0 Å². The molecule has 7 nitrogen and oxygen atoms in total. The maximum atomic E-state index is 14.5. The Morgan fingerprint density at radius 1 is 0.875 bits per heavy atom. The summed E-state index contributed by atoms with van der Waals surface area (Å²) < 4.78 is 30.7. The van der Waals surface area contributed by atoms with E-state index in [4.69, 9.17) is 14.2 Å². The first kappa shape index (κ1) is 27.0. The van der Waals surface area contributed by atoms with Crippen LogP contribution < -0.4 is 24.8 Å².